The summed E-state index contributed by atoms with van der Waals surface area (Å²) >= 11 is 3.52. The lowest BCUT2D eigenvalue weighted by Gasteiger charge is -2.20. The molecule has 2 aromatic rings. The van der Waals surface area contributed by atoms with Gasteiger partial charge >= 0.3 is 0 Å². The van der Waals surface area contributed by atoms with E-state index in [-0.39, 0.29) is 0 Å². The zero-order chi connectivity index (χ0) is 13.1. The van der Waals surface area contributed by atoms with Crippen LogP contribution in [0.15, 0.2) is 46.9 Å². The lowest BCUT2D eigenvalue weighted by Crippen LogP contribution is -2.16. The van der Waals surface area contributed by atoms with Gasteiger partial charge in [0.25, 0.3) is 0 Å². The van der Waals surface area contributed by atoms with E-state index in [9.17, 15) is 0 Å². The van der Waals surface area contributed by atoms with E-state index in [0.29, 0.717) is 0 Å². The molecule has 3 heteroatoms. The Kier molecular flexibility index (Phi) is 3.92. The second-order valence-electron chi connectivity index (χ2n) is 4.53. The van der Waals surface area contributed by atoms with Gasteiger partial charge in [0.15, 0.2) is 0 Å². The first-order valence-electron chi connectivity index (χ1n) is 5.88. The molecule has 0 aliphatic carbocycles. The van der Waals surface area contributed by atoms with Gasteiger partial charge in [0, 0.05) is 29.4 Å². The summed E-state index contributed by atoms with van der Waals surface area (Å²) in [5.41, 5.74) is 10.3. The molecule has 0 atom stereocenters. The van der Waals surface area contributed by atoms with Gasteiger partial charge in [-0.3, -0.25) is 0 Å². The molecule has 0 amide bonds. The molecule has 0 heterocycles. The molecule has 0 saturated carbocycles. The van der Waals surface area contributed by atoms with Crippen molar-refractivity contribution in [2.45, 2.75) is 13.5 Å². The average Bonchev–Trinajstić information content (AvgIpc) is 2.32. The summed E-state index contributed by atoms with van der Waals surface area (Å²) < 4.78 is 1.14. The highest BCUT2D eigenvalue weighted by Crippen LogP contribution is 2.23. The van der Waals surface area contributed by atoms with Crippen molar-refractivity contribution in [3.05, 3.63) is 58.1 Å². The fourth-order valence-electron chi connectivity index (χ4n) is 1.92. The van der Waals surface area contributed by atoms with E-state index in [1.54, 1.807) is 0 Å². The molecule has 94 valence electrons. The van der Waals surface area contributed by atoms with Crippen molar-refractivity contribution in [2.24, 2.45) is 0 Å². The summed E-state index contributed by atoms with van der Waals surface area (Å²) in [4.78, 5) is 2.22. The maximum Gasteiger partial charge on any atom is 0.0426 e. The largest absolute Gasteiger partial charge is 0.399 e. The number of rotatable bonds is 3. The monoisotopic (exact) mass is 304 g/mol. The lowest BCUT2D eigenvalue weighted by atomic mass is 10.1. The van der Waals surface area contributed by atoms with Crippen LogP contribution in [0.1, 0.15) is 11.1 Å². The Bertz CT molecular complexity index is 552. The number of anilines is 2. The van der Waals surface area contributed by atoms with Crippen LogP contribution in [0.5, 0.6) is 0 Å². The summed E-state index contributed by atoms with van der Waals surface area (Å²) in [5, 5.41) is 0. The van der Waals surface area contributed by atoms with Crippen molar-refractivity contribution in [3.8, 4) is 0 Å². The number of halogens is 1. The minimum atomic E-state index is 0.813. The molecule has 0 unspecified atom stereocenters. The van der Waals surface area contributed by atoms with Gasteiger partial charge in [-0.1, -0.05) is 28.1 Å². The molecule has 2 aromatic carbocycles. The second kappa shape index (κ2) is 5.44. The topological polar surface area (TPSA) is 29.3 Å². The SMILES string of the molecule is Cc1cc(N(C)Cc2cccc(N)c2)ccc1Br. The van der Waals surface area contributed by atoms with Crippen LogP contribution in [-0.2, 0) is 6.54 Å². The number of nitrogens with zero attached hydrogens (tertiary/aromatic N) is 1. The van der Waals surface area contributed by atoms with Crippen molar-refractivity contribution in [1.29, 1.82) is 0 Å². The molecule has 2 nitrogen and oxygen atoms in total. The highest BCUT2D eigenvalue weighted by atomic mass is 79.9. The van der Waals surface area contributed by atoms with Crippen molar-refractivity contribution >= 4 is 27.3 Å². The van der Waals surface area contributed by atoms with Crippen LogP contribution in [0, 0.1) is 6.92 Å². The summed E-state index contributed by atoms with van der Waals surface area (Å²) in [6.45, 7) is 2.95. The smallest absolute Gasteiger partial charge is 0.0426 e. The molecule has 2 rings (SSSR count). The van der Waals surface area contributed by atoms with Crippen molar-refractivity contribution in [2.75, 3.05) is 17.7 Å². The first-order valence-corrected chi connectivity index (χ1v) is 6.67. The van der Waals surface area contributed by atoms with E-state index < -0.39 is 0 Å². The molecule has 0 saturated heterocycles. The third-order valence-corrected chi connectivity index (χ3v) is 3.84. The Balaban J connectivity index is 2.16. The van der Waals surface area contributed by atoms with E-state index in [4.69, 9.17) is 5.73 Å². The molecule has 0 fully saturated rings. The first-order chi connectivity index (χ1) is 8.56. The average molecular weight is 305 g/mol. The van der Waals surface area contributed by atoms with Gasteiger partial charge in [-0.25, -0.2) is 0 Å². The highest BCUT2D eigenvalue weighted by Gasteiger charge is 2.04. The van der Waals surface area contributed by atoms with Gasteiger partial charge in [-0.15, -0.1) is 0 Å². The third-order valence-electron chi connectivity index (χ3n) is 2.95. The molecule has 0 bridgehead atoms. The predicted molar refractivity (Wildman–Crippen MR) is 81.8 cm³/mol. The second-order valence-corrected chi connectivity index (χ2v) is 5.39. The van der Waals surface area contributed by atoms with E-state index in [1.807, 2.05) is 18.2 Å². The van der Waals surface area contributed by atoms with Gasteiger partial charge in [0.1, 0.15) is 0 Å². The molecule has 0 spiro atoms. The Morgan fingerprint density at radius 1 is 1.17 bits per heavy atom. The zero-order valence-corrected chi connectivity index (χ0v) is 12.2. The molecular formula is C15H17BrN2. The number of hydrogen-bond donors (Lipinski definition) is 1. The zero-order valence-electron chi connectivity index (χ0n) is 10.7. The van der Waals surface area contributed by atoms with Gasteiger partial charge in [0.05, 0.1) is 0 Å². The lowest BCUT2D eigenvalue weighted by molar-refractivity contribution is 0.922. The number of nitrogens with two attached hydrogens (primary N) is 1. The van der Waals surface area contributed by atoms with Gasteiger partial charge in [0.2, 0.25) is 0 Å². The summed E-state index contributed by atoms with van der Waals surface area (Å²) in [6.07, 6.45) is 0. The van der Waals surface area contributed by atoms with Gasteiger partial charge in [-0.2, -0.15) is 0 Å². The Labute approximate surface area is 117 Å². The molecule has 0 aliphatic rings. The van der Waals surface area contributed by atoms with Crippen molar-refractivity contribution < 1.29 is 0 Å². The fourth-order valence-corrected chi connectivity index (χ4v) is 2.17. The Morgan fingerprint density at radius 2 is 1.94 bits per heavy atom. The van der Waals surface area contributed by atoms with Crippen molar-refractivity contribution in [3.63, 3.8) is 0 Å². The quantitative estimate of drug-likeness (QED) is 0.869. The van der Waals surface area contributed by atoms with Crippen LogP contribution in [-0.4, -0.2) is 7.05 Å². The minimum absolute atomic E-state index is 0.813. The first kappa shape index (κ1) is 13.0. The normalized spacial score (nSPS) is 10.4. The predicted octanol–water partition coefficient (Wildman–Crippen LogP) is 3.98. The van der Waals surface area contributed by atoms with Crippen LogP contribution in [0.4, 0.5) is 11.4 Å². The van der Waals surface area contributed by atoms with Crippen LogP contribution >= 0.6 is 15.9 Å². The molecule has 0 aromatic heterocycles. The molecule has 0 aliphatic heterocycles. The molecular weight excluding hydrogens is 288 g/mol. The molecule has 18 heavy (non-hydrogen) atoms. The van der Waals surface area contributed by atoms with Crippen LogP contribution in [0.2, 0.25) is 0 Å². The molecule has 0 radical (unpaired) electrons. The van der Waals surface area contributed by atoms with Gasteiger partial charge < -0.3 is 10.6 Å². The Morgan fingerprint density at radius 3 is 2.61 bits per heavy atom. The summed E-state index contributed by atoms with van der Waals surface area (Å²) in [5.74, 6) is 0. The summed E-state index contributed by atoms with van der Waals surface area (Å²) in [6, 6.07) is 14.4. The molecule has 2 N–H and O–H groups in total. The van der Waals surface area contributed by atoms with E-state index in [0.717, 1.165) is 16.7 Å². The number of nitrogen functional groups attached to an aromatic ring is 1. The van der Waals surface area contributed by atoms with Gasteiger partial charge in [-0.05, 0) is 48.4 Å². The Hall–Kier alpha value is -1.48. The number of hydrogen-bond acceptors (Lipinski definition) is 2. The third kappa shape index (κ3) is 3.05. The van der Waals surface area contributed by atoms with E-state index in [2.05, 4.69) is 59.1 Å². The standard InChI is InChI=1S/C15H17BrN2/c1-11-8-14(6-7-15(11)16)18(2)10-12-4-3-5-13(17)9-12/h3-9H,10,17H2,1-2H3. The highest BCUT2D eigenvalue weighted by molar-refractivity contribution is 9.10. The number of benzene rings is 2. The fraction of sp³-hybridized carbons (Fsp3) is 0.200. The minimum Gasteiger partial charge on any atom is -0.399 e. The van der Waals surface area contributed by atoms with Crippen LogP contribution in [0.3, 0.4) is 0 Å². The number of aryl methyl sites for hydroxylation is 1. The van der Waals surface area contributed by atoms with Crippen LogP contribution < -0.4 is 10.6 Å². The van der Waals surface area contributed by atoms with E-state index in [1.165, 1.54) is 16.8 Å². The van der Waals surface area contributed by atoms with E-state index >= 15 is 0 Å². The maximum absolute atomic E-state index is 5.79. The van der Waals surface area contributed by atoms with Crippen molar-refractivity contribution in [1.82, 2.24) is 0 Å². The maximum atomic E-state index is 5.79. The summed E-state index contributed by atoms with van der Waals surface area (Å²) in [7, 11) is 2.09. The van der Waals surface area contributed by atoms with Crippen LogP contribution in [0.25, 0.3) is 0 Å².